The number of rotatable bonds is 4. The molecular formula is C20H20FNO3. The van der Waals surface area contributed by atoms with Crippen molar-refractivity contribution >= 4 is 11.9 Å². The average molecular weight is 341 g/mol. The van der Waals surface area contributed by atoms with Gasteiger partial charge in [-0.05, 0) is 29.7 Å². The van der Waals surface area contributed by atoms with Gasteiger partial charge in [-0.2, -0.15) is 0 Å². The Balaban J connectivity index is 1.75. The van der Waals surface area contributed by atoms with Crippen LogP contribution in [0.1, 0.15) is 22.6 Å². The van der Waals surface area contributed by atoms with Crippen molar-refractivity contribution in [1.82, 2.24) is 4.90 Å². The predicted octanol–water partition coefficient (Wildman–Crippen LogP) is 3.00. The molecule has 0 unspecified atom stereocenters. The number of carboxylic acid groups (broad SMARTS) is 1. The highest BCUT2D eigenvalue weighted by Crippen LogP contribution is 2.33. The van der Waals surface area contributed by atoms with E-state index in [1.165, 1.54) is 6.07 Å². The lowest BCUT2D eigenvalue weighted by molar-refractivity contribution is -0.141. The Labute approximate surface area is 145 Å². The van der Waals surface area contributed by atoms with E-state index in [2.05, 4.69) is 0 Å². The normalized spacial score (nSPS) is 19.8. The maximum atomic E-state index is 13.7. The molecule has 4 nitrogen and oxygen atoms in total. The third kappa shape index (κ3) is 3.71. The van der Waals surface area contributed by atoms with E-state index in [-0.39, 0.29) is 30.6 Å². The van der Waals surface area contributed by atoms with Gasteiger partial charge in [0.1, 0.15) is 5.82 Å². The van der Waals surface area contributed by atoms with Crippen molar-refractivity contribution in [2.45, 2.75) is 19.3 Å². The van der Waals surface area contributed by atoms with Crippen LogP contribution in [0, 0.1) is 18.7 Å². The van der Waals surface area contributed by atoms with E-state index in [4.69, 9.17) is 0 Å². The summed E-state index contributed by atoms with van der Waals surface area (Å²) in [6, 6.07) is 14.1. The summed E-state index contributed by atoms with van der Waals surface area (Å²) >= 11 is 0. The van der Waals surface area contributed by atoms with E-state index in [0.717, 1.165) is 5.56 Å². The van der Waals surface area contributed by atoms with E-state index in [9.17, 15) is 19.1 Å². The molecule has 25 heavy (non-hydrogen) atoms. The molecule has 130 valence electrons. The van der Waals surface area contributed by atoms with Crippen LogP contribution in [0.25, 0.3) is 0 Å². The molecule has 1 heterocycles. The minimum atomic E-state index is -0.898. The van der Waals surface area contributed by atoms with Gasteiger partial charge < -0.3 is 10.0 Å². The lowest BCUT2D eigenvalue weighted by atomic mass is 9.89. The average Bonchev–Trinajstić information content (AvgIpc) is 3.05. The number of hydrogen-bond donors (Lipinski definition) is 1. The first kappa shape index (κ1) is 17.1. The fourth-order valence-corrected chi connectivity index (χ4v) is 3.33. The fraction of sp³-hybridized carbons (Fsp3) is 0.300. The number of aryl methyl sites for hydroxylation is 1. The van der Waals surface area contributed by atoms with Crippen molar-refractivity contribution in [2.75, 3.05) is 13.1 Å². The molecule has 1 fully saturated rings. The number of carboxylic acids is 1. The third-order valence-corrected chi connectivity index (χ3v) is 4.81. The zero-order valence-corrected chi connectivity index (χ0v) is 14.0. The molecule has 0 spiro atoms. The minimum absolute atomic E-state index is 0.0745. The second-order valence-corrected chi connectivity index (χ2v) is 6.52. The van der Waals surface area contributed by atoms with E-state index < -0.39 is 11.9 Å². The lowest BCUT2D eigenvalue weighted by Crippen LogP contribution is -2.31. The Morgan fingerprint density at radius 3 is 2.52 bits per heavy atom. The summed E-state index contributed by atoms with van der Waals surface area (Å²) < 4.78 is 13.7. The van der Waals surface area contributed by atoms with Gasteiger partial charge in [0.05, 0.1) is 12.3 Å². The van der Waals surface area contributed by atoms with Crippen molar-refractivity contribution in [3.8, 4) is 0 Å². The first-order chi connectivity index (χ1) is 12.0. The molecule has 5 heteroatoms. The highest BCUT2D eigenvalue weighted by atomic mass is 19.1. The monoisotopic (exact) mass is 341 g/mol. The number of likely N-dealkylation sites (tertiary alicyclic amines) is 1. The summed E-state index contributed by atoms with van der Waals surface area (Å²) in [5.74, 6) is -2.26. The molecular weight excluding hydrogens is 321 g/mol. The molecule has 1 aliphatic heterocycles. The first-order valence-electron chi connectivity index (χ1n) is 8.26. The molecule has 0 saturated carbocycles. The van der Waals surface area contributed by atoms with E-state index in [1.54, 1.807) is 24.0 Å². The van der Waals surface area contributed by atoms with E-state index >= 15 is 0 Å². The number of carbonyl (C=O) groups excluding carboxylic acids is 1. The Kier molecular flexibility index (Phi) is 4.83. The first-order valence-corrected chi connectivity index (χ1v) is 8.26. The minimum Gasteiger partial charge on any atom is -0.481 e. The summed E-state index contributed by atoms with van der Waals surface area (Å²) in [5.41, 5.74) is 2.06. The number of nitrogens with zero attached hydrogens (tertiary/aromatic N) is 1. The van der Waals surface area contributed by atoms with Crippen LogP contribution < -0.4 is 0 Å². The van der Waals surface area contributed by atoms with Crippen molar-refractivity contribution in [2.24, 2.45) is 5.92 Å². The van der Waals surface area contributed by atoms with Crippen LogP contribution >= 0.6 is 0 Å². The molecule has 0 bridgehead atoms. The molecule has 2 aromatic carbocycles. The predicted molar refractivity (Wildman–Crippen MR) is 91.7 cm³/mol. The molecule has 1 amide bonds. The SMILES string of the molecule is Cc1ccc(CC(=O)N2C[C@H](C(=O)O)[C@@H](c3ccccc3)C2)cc1F. The van der Waals surface area contributed by atoms with E-state index in [0.29, 0.717) is 17.7 Å². The zero-order chi connectivity index (χ0) is 18.0. The van der Waals surface area contributed by atoms with Crippen LogP contribution in [0.2, 0.25) is 0 Å². The lowest BCUT2D eigenvalue weighted by Gasteiger charge is -2.17. The van der Waals surface area contributed by atoms with Gasteiger partial charge in [0.2, 0.25) is 5.91 Å². The number of benzene rings is 2. The summed E-state index contributed by atoms with van der Waals surface area (Å²) in [6.07, 6.45) is 0.0745. The highest BCUT2D eigenvalue weighted by Gasteiger charge is 2.40. The summed E-state index contributed by atoms with van der Waals surface area (Å²) in [6.45, 7) is 2.22. The van der Waals surface area contributed by atoms with Gasteiger partial charge in [0.25, 0.3) is 0 Å². The second kappa shape index (κ2) is 7.05. The molecule has 2 atom stereocenters. The van der Waals surface area contributed by atoms with Gasteiger partial charge in [0.15, 0.2) is 0 Å². The number of amides is 1. The van der Waals surface area contributed by atoms with E-state index in [1.807, 2.05) is 30.3 Å². The van der Waals surface area contributed by atoms with Crippen molar-refractivity contribution in [3.05, 3.63) is 71.0 Å². The van der Waals surface area contributed by atoms with Crippen LogP contribution in [0.15, 0.2) is 48.5 Å². The highest BCUT2D eigenvalue weighted by molar-refractivity contribution is 5.81. The van der Waals surface area contributed by atoms with Gasteiger partial charge in [-0.15, -0.1) is 0 Å². The molecule has 0 aromatic heterocycles. The Bertz CT molecular complexity index is 791. The van der Waals surface area contributed by atoms with Crippen LogP contribution in [0.5, 0.6) is 0 Å². The number of aliphatic carboxylic acids is 1. The number of halogens is 1. The summed E-state index contributed by atoms with van der Waals surface area (Å²) in [4.78, 5) is 25.8. The molecule has 2 aromatic rings. The van der Waals surface area contributed by atoms with Crippen molar-refractivity contribution in [1.29, 1.82) is 0 Å². The number of carbonyl (C=O) groups is 2. The van der Waals surface area contributed by atoms with Gasteiger partial charge in [0, 0.05) is 19.0 Å². The maximum absolute atomic E-state index is 13.7. The van der Waals surface area contributed by atoms with Crippen LogP contribution in [-0.2, 0) is 16.0 Å². The summed E-state index contributed by atoms with van der Waals surface area (Å²) in [7, 11) is 0. The molecule has 1 saturated heterocycles. The Hall–Kier alpha value is -2.69. The third-order valence-electron chi connectivity index (χ3n) is 4.81. The molecule has 0 radical (unpaired) electrons. The second-order valence-electron chi connectivity index (χ2n) is 6.52. The summed E-state index contributed by atoms with van der Waals surface area (Å²) in [5, 5.41) is 9.51. The van der Waals surface area contributed by atoms with Crippen molar-refractivity contribution < 1.29 is 19.1 Å². The van der Waals surface area contributed by atoms with Gasteiger partial charge in [-0.3, -0.25) is 9.59 Å². The standard InChI is InChI=1S/C20H20FNO3/c1-13-7-8-14(9-18(13)21)10-19(23)22-11-16(17(12-22)20(24)25)15-5-3-2-4-6-15/h2-9,16-17H,10-12H2,1H3,(H,24,25)/t16-,17+/m1/s1. The Morgan fingerprint density at radius 1 is 1.16 bits per heavy atom. The number of hydrogen-bond acceptors (Lipinski definition) is 2. The molecule has 1 aliphatic rings. The van der Waals surface area contributed by atoms with Gasteiger partial charge in [-0.25, -0.2) is 4.39 Å². The molecule has 3 rings (SSSR count). The maximum Gasteiger partial charge on any atom is 0.308 e. The molecule has 0 aliphatic carbocycles. The van der Waals surface area contributed by atoms with Crippen LogP contribution in [-0.4, -0.2) is 35.0 Å². The van der Waals surface area contributed by atoms with Crippen LogP contribution in [0.4, 0.5) is 4.39 Å². The quantitative estimate of drug-likeness (QED) is 0.930. The zero-order valence-electron chi connectivity index (χ0n) is 14.0. The van der Waals surface area contributed by atoms with Crippen molar-refractivity contribution in [3.63, 3.8) is 0 Å². The van der Waals surface area contributed by atoms with Crippen LogP contribution in [0.3, 0.4) is 0 Å². The van der Waals surface area contributed by atoms with Gasteiger partial charge >= 0.3 is 5.97 Å². The largest absolute Gasteiger partial charge is 0.481 e. The molecule has 1 N–H and O–H groups in total. The fourth-order valence-electron chi connectivity index (χ4n) is 3.33. The Morgan fingerprint density at radius 2 is 1.88 bits per heavy atom. The smallest absolute Gasteiger partial charge is 0.308 e. The topological polar surface area (TPSA) is 57.6 Å². The van der Waals surface area contributed by atoms with Gasteiger partial charge in [-0.1, -0.05) is 42.5 Å².